The third-order valence-electron chi connectivity index (χ3n) is 5.37. The molecule has 154 valence electrons. The predicted octanol–water partition coefficient (Wildman–Crippen LogP) is 5.97. The smallest absolute Gasteiger partial charge is 0.227 e. The molecule has 0 radical (unpaired) electrons. The van der Waals surface area contributed by atoms with Crippen LogP contribution in [0.5, 0.6) is 5.75 Å². The maximum atomic E-state index is 6.30. The van der Waals surface area contributed by atoms with Crippen molar-refractivity contribution in [2.24, 2.45) is 0 Å². The quantitative estimate of drug-likeness (QED) is 0.435. The fourth-order valence-electron chi connectivity index (χ4n) is 3.68. The van der Waals surface area contributed by atoms with Gasteiger partial charge in [0.05, 0.1) is 7.11 Å². The summed E-state index contributed by atoms with van der Waals surface area (Å²) in [5.74, 6) is 2.18. The van der Waals surface area contributed by atoms with Crippen LogP contribution in [0.2, 0.25) is 5.02 Å². The number of hydrogen-bond donors (Lipinski definition) is 1. The van der Waals surface area contributed by atoms with Gasteiger partial charge < -0.3 is 10.1 Å². The van der Waals surface area contributed by atoms with Crippen LogP contribution in [0.3, 0.4) is 0 Å². The Balaban J connectivity index is 1.60. The van der Waals surface area contributed by atoms with E-state index in [1.54, 1.807) is 7.11 Å². The number of allylic oxidation sites excluding steroid dienone is 1. The van der Waals surface area contributed by atoms with Crippen LogP contribution in [0.4, 0.5) is 5.95 Å². The Labute approximate surface area is 186 Å². The minimum atomic E-state index is -0.140. The molecule has 1 atom stereocenters. The second-order valence-electron chi connectivity index (χ2n) is 7.50. The molecule has 2 heterocycles. The zero-order valence-electron chi connectivity index (χ0n) is 17.2. The lowest BCUT2D eigenvalue weighted by Gasteiger charge is -2.24. The van der Waals surface area contributed by atoms with Crippen LogP contribution in [0.1, 0.15) is 22.7 Å². The molecule has 1 aliphatic heterocycles. The average Bonchev–Trinajstić information content (AvgIpc) is 3.23. The molecule has 1 aromatic heterocycles. The highest BCUT2D eigenvalue weighted by molar-refractivity contribution is 6.30. The Morgan fingerprint density at radius 2 is 1.71 bits per heavy atom. The van der Waals surface area contributed by atoms with Crippen molar-refractivity contribution in [2.75, 3.05) is 12.4 Å². The topological polar surface area (TPSA) is 52.0 Å². The number of fused-ring (bicyclic) bond motifs is 1. The first-order valence-electron chi connectivity index (χ1n) is 10.0. The normalized spacial score (nSPS) is 15.1. The number of nitrogens with one attached hydrogen (secondary N) is 1. The van der Waals surface area contributed by atoms with Crippen molar-refractivity contribution in [3.63, 3.8) is 0 Å². The fraction of sp³-hybridized carbons (Fsp3) is 0.120. The molecule has 1 unspecified atom stereocenters. The van der Waals surface area contributed by atoms with Gasteiger partial charge in [0.1, 0.15) is 11.8 Å². The number of aromatic nitrogens is 3. The van der Waals surface area contributed by atoms with Crippen molar-refractivity contribution >= 4 is 23.2 Å². The Kier molecular flexibility index (Phi) is 4.96. The third kappa shape index (κ3) is 3.80. The van der Waals surface area contributed by atoms with E-state index in [1.807, 2.05) is 59.3 Å². The first-order chi connectivity index (χ1) is 15.1. The number of hydrogen-bond acceptors (Lipinski definition) is 4. The highest BCUT2D eigenvalue weighted by Crippen LogP contribution is 2.35. The van der Waals surface area contributed by atoms with Crippen molar-refractivity contribution in [3.8, 4) is 17.1 Å². The number of benzene rings is 3. The van der Waals surface area contributed by atoms with Crippen molar-refractivity contribution < 1.29 is 4.74 Å². The fourth-order valence-corrected chi connectivity index (χ4v) is 3.88. The van der Waals surface area contributed by atoms with E-state index in [4.69, 9.17) is 26.4 Å². The van der Waals surface area contributed by atoms with Gasteiger partial charge in [-0.2, -0.15) is 4.98 Å². The SMILES string of the molecule is COc1ccc(C2=CC(c3cccc(Cl)c3)n3nc(-c4ccc(C)cc4)nc3N2)cc1. The third-order valence-corrected chi connectivity index (χ3v) is 5.60. The van der Waals surface area contributed by atoms with Crippen LogP contribution in [-0.2, 0) is 0 Å². The molecule has 0 saturated carbocycles. The summed E-state index contributed by atoms with van der Waals surface area (Å²) in [5.41, 5.74) is 5.22. The molecule has 31 heavy (non-hydrogen) atoms. The van der Waals surface area contributed by atoms with E-state index in [0.717, 1.165) is 28.1 Å². The largest absolute Gasteiger partial charge is 0.497 e. The molecule has 0 amide bonds. The van der Waals surface area contributed by atoms with Gasteiger partial charge in [-0.1, -0.05) is 53.6 Å². The maximum absolute atomic E-state index is 6.30. The molecule has 5 nitrogen and oxygen atoms in total. The monoisotopic (exact) mass is 428 g/mol. The number of aryl methyl sites for hydroxylation is 1. The molecular weight excluding hydrogens is 408 g/mol. The minimum Gasteiger partial charge on any atom is -0.497 e. The molecule has 5 rings (SSSR count). The summed E-state index contributed by atoms with van der Waals surface area (Å²) in [6, 6.07) is 23.9. The van der Waals surface area contributed by atoms with Gasteiger partial charge in [-0.15, -0.1) is 5.10 Å². The molecule has 0 saturated heterocycles. The van der Waals surface area contributed by atoms with E-state index in [0.29, 0.717) is 16.8 Å². The lowest BCUT2D eigenvalue weighted by atomic mass is 10.0. The summed E-state index contributed by atoms with van der Waals surface area (Å²) in [4.78, 5) is 4.80. The Morgan fingerprint density at radius 1 is 0.968 bits per heavy atom. The first-order valence-corrected chi connectivity index (χ1v) is 10.4. The highest BCUT2D eigenvalue weighted by Gasteiger charge is 2.26. The van der Waals surface area contributed by atoms with Crippen molar-refractivity contribution in [3.05, 3.63) is 101 Å². The van der Waals surface area contributed by atoms with E-state index in [9.17, 15) is 0 Å². The number of ether oxygens (including phenoxy) is 1. The summed E-state index contributed by atoms with van der Waals surface area (Å²) in [5, 5.41) is 8.96. The van der Waals surface area contributed by atoms with E-state index >= 15 is 0 Å². The molecule has 1 N–H and O–H groups in total. The summed E-state index contributed by atoms with van der Waals surface area (Å²) in [6.45, 7) is 2.07. The standard InChI is InChI=1S/C25H21ClN4O/c1-16-6-8-18(9-7-16)24-28-25-27-22(17-10-12-21(31-2)13-11-17)15-23(30(25)29-24)19-4-3-5-20(26)14-19/h3-15,23H,1-2H3,(H,27,28,29). The molecule has 3 aromatic carbocycles. The molecule has 0 fully saturated rings. The second-order valence-corrected chi connectivity index (χ2v) is 7.94. The van der Waals surface area contributed by atoms with E-state index in [-0.39, 0.29) is 6.04 Å². The molecule has 4 aromatic rings. The van der Waals surface area contributed by atoms with Crippen LogP contribution >= 0.6 is 11.6 Å². The maximum Gasteiger partial charge on any atom is 0.227 e. The Hall–Kier alpha value is -3.57. The van der Waals surface area contributed by atoms with Crippen LogP contribution in [0.25, 0.3) is 17.1 Å². The molecule has 0 spiro atoms. The molecule has 0 bridgehead atoms. The lowest BCUT2D eigenvalue weighted by molar-refractivity contribution is 0.415. The van der Waals surface area contributed by atoms with E-state index < -0.39 is 0 Å². The van der Waals surface area contributed by atoms with Crippen molar-refractivity contribution in [1.82, 2.24) is 14.8 Å². The van der Waals surface area contributed by atoms with Crippen LogP contribution in [0, 0.1) is 6.92 Å². The van der Waals surface area contributed by atoms with E-state index in [2.05, 4.69) is 36.5 Å². The van der Waals surface area contributed by atoms with Gasteiger partial charge in [0.25, 0.3) is 0 Å². The summed E-state index contributed by atoms with van der Waals surface area (Å²) < 4.78 is 7.21. The Morgan fingerprint density at radius 3 is 2.42 bits per heavy atom. The van der Waals surface area contributed by atoms with Gasteiger partial charge in [-0.3, -0.25) is 0 Å². The first kappa shape index (κ1) is 19.4. The predicted molar refractivity (Wildman–Crippen MR) is 124 cm³/mol. The molecule has 1 aliphatic rings. The molecular formula is C25H21ClN4O. The number of methoxy groups -OCH3 is 1. The average molecular weight is 429 g/mol. The lowest BCUT2D eigenvalue weighted by Crippen LogP contribution is -2.20. The zero-order valence-corrected chi connectivity index (χ0v) is 18.0. The molecule has 6 heteroatoms. The number of halogens is 1. The van der Waals surface area contributed by atoms with Gasteiger partial charge >= 0.3 is 0 Å². The Bertz CT molecular complexity index is 1260. The van der Waals surface area contributed by atoms with Gasteiger partial charge in [0.15, 0.2) is 5.82 Å². The van der Waals surface area contributed by atoms with Gasteiger partial charge in [0, 0.05) is 16.3 Å². The number of rotatable bonds is 4. The number of nitrogens with zero attached hydrogens (tertiary/aromatic N) is 3. The van der Waals surface area contributed by atoms with Crippen molar-refractivity contribution in [1.29, 1.82) is 0 Å². The van der Waals surface area contributed by atoms with E-state index in [1.165, 1.54) is 5.56 Å². The zero-order chi connectivity index (χ0) is 21.4. The molecule has 0 aliphatic carbocycles. The van der Waals surface area contributed by atoms with Gasteiger partial charge in [0.2, 0.25) is 5.95 Å². The van der Waals surface area contributed by atoms with Gasteiger partial charge in [-0.25, -0.2) is 4.68 Å². The van der Waals surface area contributed by atoms with Crippen LogP contribution in [0.15, 0.2) is 78.9 Å². The summed E-state index contributed by atoms with van der Waals surface area (Å²) >= 11 is 6.30. The second kappa shape index (κ2) is 7.93. The minimum absolute atomic E-state index is 0.140. The highest BCUT2D eigenvalue weighted by atomic mass is 35.5. The van der Waals surface area contributed by atoms with Crippen molar-refractivity contribution in [2.45, 2.75) is 13.0 Å². The van der Waals surface area contributed by atoms with Crippen LogP contribution in [-0.4, -0.2) is 21.9 Å². The summed E-state index contributed by atoms with van der Waals surface area (Å²) in [6.07, 6.45) is 2.15. The number of anilines is 1. The van der Waals surface area contributed by atoms with Crippen LogP contribution < -0.4 is 10.1 Å². The van der Waals surface area contributed by atoms with Gasteiger partial charge in [-0.05, 0) is 60.5 Å². The summed E-state index contributed by atoms with van der Waals surface area (Å²) in [7, 11) is 1.66.